The molecule has 0 bridgehead atoms. The van der Waals surface area contributed by atoms with Gasteiger partial charge in [-0.2, -0.15) is 0 Å². The van der Waals surface area contributed by atoms with Gasteiger partial charge in [-0.05, 0) is 55.7 Å². The molecule has 1 spiro atoms. The molecule has 1 aromatic carbocycles. The highest BCUT2D eigenvalue weighted by molar-refractivity contribution is 5.79. The van der Waals surface area contributed by atoms with Crippen molar-refractivity contribution < 1.29 is 19.1 Å². The van der Waals surface area contributed by atoms with E-state index in [1.165, 1.54) is 44.7 Å². The van der Waals surface area contributed by atoms with Crippen LogP contribution in [0.2, 0.25) is 0 Å². The first kappa shape index (κ1) is 21.8. The Balaban J connectivity index is 0.000000755. The van der Waals surface area contributed by atoms with Crippen molar-refractivity contribution >= 4 is 12.4 Å². The fourth-order valence-corrected chi connectivity index (χ4v) is 5.35. The summed E-state index contributed by atoms with van der Waals surface area (Å²) in [5.41, 5.74) is 0.913. The number of carbonyl (C=O) groups excluding carboxylic acids is 1. The minimum atomic E-state index is -0.250. The normalized spacial score (nSPS) is 22.4. The molecular weight excluding hydrogens is 371 g/mol. The second-order valence-electron chi connectivity index (χ2n) is 8.74. The standard InChI is InChI=1S/C22H31FN2O.CH2O2/c23-20-8-4-7-19(15-20)17-25-21(26)9-10-22(25)11-13-24(14-12-22)16-18-5-2-1-3-6-18;2-1-3/h4,7-8,15,18H,1-3,5-6,9-14,16-17H2;1H,(H,2,3). The molecular formula is C23H33FN2O3. The summed E-state index contributed by atoms with van der Waals surface area (Å²) in [5.74, 6) is 0.909. The van der Waals surface area contributed by atoms with E-state index >= 15 is 0 Å². The molecule has 1 saturated carbocycles. The quantitative estimate of drug-likeness (QED) is 0.769. The molecule has 1 aliphatic carbocycles. The van der Waals surface area contributed by atoms with E-state index < -0.39 is 0 Å². The molecule has 3 fully saturated rings. The first-order valence-electron chi connectivity index (χ1n) is 10.9. The minimum Gasteiger partial charge on any atom is -0.483 e. The molecule has 1 aromatic rings. The van der Waals surface area contributed by atoms with Crippen LogP contribution in [0.25, 0.3) is 0 Å². The van der Waals surface area contributed by atoms with Crippen molar-refractivity contribution in [2.75, 3.05) is 19.6 Å². The van der Waals surface area contributed by atoms with Gasteiger partial charge in [0.2, 0.25) is 5.91 Å². The van der Waals surface area contributed by atoms with Gasteiger partial charge >= 0.3 is 0 Å². The van der Waals surface area contributed by atoms with Crippen LogP contribution in [-0.4, -0.2) is 52.5 Å². The molecule has 2 saturated heterocycles. The molecule has 0 atom stereocenters. The van der Waals surface area contributed by atoms with Crippen molar-refractivity contribution in [3.05, 3.63) is 35.6 Å². The highest BCUT2D eigenvalue weighted by Crippen LogP contribution is 2.40. The predicted octanol–water partition coefficient (Wildman–Crippen LogP) is 4.06. The summed E-state index contributed by atoms with van der Waals surface area (Å²) >= 11 is 0. The van der Waals surface area contributed by atoms with Crippen LogP contribution < -0.4 is 0 Å². The molecule has 2 heterocycles. The SMILES string of the molecule is O=C1CCC2(CCN(CC3CCCCC3)CC2)N1Cc1cccc(F)c1.O=CO. The molecule has 160 valence electrons. The van der Waals surface area contributed by atoms with Crippen LogP contribution in [0, 0.1) is 11.7 Å². The number of hydrogen-bond donors (Lipinski definition) is 1. The molecule has 0 radical (unpaired) electrons. The van der Waals surface area contributed by atoms with Crippen LogP contribution in [0.5, 0.6) is 0 Å². The third kappa shape index (κ3) is 5.56. The van der Waals surface area contributed by atoms with Crippen LogP contribution in [0.1, 0.15) is 63.4 Å². The number of likely N-dealkylation sites (tertiary alicyclic amines) is 2. The third-order valence-corrected chi connectivity index (χ3v) is 6.94. The fraction of sp³-hybridized carbons (Fsp3) is 0.652. The Morgan fingerprint density at radius 2 is 1.83 bits per heavy atom. The van der Waals surface area contributed by atoms with E-state index in [0.717, 1.165) is 43.8 Å². The average molecular weight is 405 g/mol. The number of rotatable bonds is 4. The Hall–Kier alpha value is -1.95. The van der Waals surface area contributed by atoms with Gasteiger partial charge in [0.1, 0.15) is 5.82 Å². The Bertz CT molecular complexity index is 682. The molecule has 29 heavy (non-hydrogen) atoms. The number of amides is 1. The summed E-state index contributed by atoms with van der Waals surface area (Å²) in [4.78, 5) is 25.6. The summed E-state index contributed by atoms with van der Waals surface area (Å²) < 4.78 is 13.5. The monoisotopic (exact) mass is 404 g/mol. The molecule has 3 aliphatic rings. The molecule has 1 N–H and O–H groups in total. The largest absolute Gasteiger partial charge is 0.483 e. The van der Waals surface area contributed by atoms with Crippen molar-refractivity contribution in [1.29, 1.82) is 0 Å². The zero-order valence-electron chi connectivity index (χ0n) is 17.2. The predicted molar refractivity (Wildman–Crippen MR) is 110 cm³/mol. The van der Waals surface area contributed by atoms with Crippen LogP contribution in [-0.2, 0) is 16.1 Å². The first-order chi connectivity index (χ1) is 14.1. The Morgan fingerprint density at radius 1 is 1.14 bits per heavy atom. The van der Waals surface area contributed by atoms with Crippen molar-refractivity contribution in [2.24, 2.45) is 5.92 Å². The number of carbonyl (C=O) groups is 2. The number of halogens is 1. The minimum absolute atomic E-state index is 0.00641. The van der Waals surface area contributed by atoms with Gasteiger partial charge in [-0.3, -0.25) is 9.59 Å². The lowest BCUT2D eigenvalue weighted by Gasteiger charge is -2.46. The lowest BCUT2D eigenvalue weighted by atomic mass is 9.83. The van der Waals surface area contributed by atoms with Crippen molar-refractivity contribution in [3.8, 4) is 0 Å². The highest BCUT2D eigenvalue weighted by atomic mass is 19.1. The van der Waals surface area contributed by atoms with Crippen LogP contribution in [0.15, 0.2) is 24.3 Å². The van der Waals surface area contributed by atoms with E-state index in [4.69, 9.17) is 9.90 Å². The molecule has 0 aromatic heterocycles. The summed E-state index contributed by atoms with van der Waals surface area (Å²) in [7, 11) is 0. The fourth-order valence-electron chi connectivity index (χ4n) is 5.35. The van der Waals surface area contributed by atoms with Crippen molar-refractivity contribution in [1.82, 2.24) is 9.80 Å². The summed E-state index contributed by atoms with van der Waals surface area (Å²) in [6, 6.07) is 6.71. The zero-order valence-corrected chi connectivity index (χ0v) is 17.2. The molecule has 5 nitrogen and oxygen atoms in total. The van der Waals surface area contributed by atoms with E-state index in [1.807, 2.05) is 6.07 Å². The first-order valence-corrected chi connectivity index (χ1v) is 10.9. The lowest BCUT2D eigenvalue weighted by Crippen LogP contribution is -2.53. The molecule has 4 rings (SSSR count). The Labute approximate surface area is 172 Å². The van der Waals surface area contributed by atoms with E-state index in [0.29, 0.717) is 13.0 Å². The highest BCUT2D eigenvalue weighted by Gasteiger charge is 2.46. The number of hydrogen-bond acceptors (Lipinski definition) is 3. The maximum absolute atomic E-state index is 13.5. The number of carboxylic acid groups (broad SMARTS) is 1. The number of piperidine rings is 1. The topological polar surface area (TPSA) is 60.9 Å². The lowest BCUT2D eigenvalue weighted by molar-refractivity contribution is -0.133. The summed E-state index contributed by atoms with van der Waals surface area (Å²) in [6.07, 6.45) is 10.8. The smallest absolute Gasteiger partial charge is 0.290 e. The van der Waals surface area contributed by atoms with E-state index in [-0.39, 0.29) is 23.7 Å². The van der Waals surface area contributed by atoms with Gasteiger partial charge in [0.15, 0.2) is 0 Å². The van der Waals surface area contributed by atoms with Crippen LogP contribution >= 0.6 is 0 Å². The van der Waals surface area contributed by atoms with Crippen molar-refractivity contribution in [3.63, 3.8) is 0 Å². The number of nitrogens with zero attached hydrogens (tertiary/aromatic N) is 2. The van der Waals surface area contributed by atoms with Crippen molar-refractivity contribution in [2.45, 2.75) is 69.9 Å². The van der Waals surface area contributed by atoms with Gasteiger partial charge in [0.05, 0.1) is 0 Å². The van der Waals surface area contributed by atoms with Gasteiger partial charge in [-0.1, -0.05) is 31.4 Å². The average Bonchev–Trinajstić information content (AvgIpc) is 3.01. The van der Waals surface area contributed by atoms with Gasteiger partial charge in [-0.25, -0.2) is 4.39 Å². The van der Waals surface area contributed by atoms with Gasteiger partial charge in [0.25, 0.3) is 6.47 Å². The molecule has 2 aliphatic heterocycles. The van der Waals surface area contributed by atoms with Crippen LogP contribution in [0.3, 0.4) is 0 Å². The van der Waals surface area contributed by atoms with Crippen LogP contribution in [0.4, 0.5) is 4.39 Å². The van der Waals surface area contributed by atoms with E-state index in [2.05, 4.69) is 9.80 Å². The maximum Gasteiger partial charge on any atom is 0.290 e. The second kappa shape index (κ2) is 10.2. The summed E-state index contributed by atoms with van der Waals surface area (Å²) in [6.45, 7) is 3.75. The maximum atomic E-state index is 13.5. The molecule has 0 unspecified atom stereocenters. The molecule has 1 amide bonds. The molecule has 6 heteroatoms. The van der Waals surface area contributed by atoms with E-state index in [9.17, 15) is 9.18 Å². The third-order valence-electron chi connectivity index (χ3n) is 6.94. The van der Waals surface area contributed by atoms with Gasteiger partial charge in [-0.15, -0.1) is 0 Å². The summed E-state index contributed by atoms with van der Waals surface area (Å²) in [5, 5.41) is 6.89. The zero-order chi connectivity index (χ0) is 20.7. The Morgan fingerprint density at radius 3 is 2.48 bits per heavy atom. The number of benzene rings is 1. The second-order valence-corrected chi connectivity index (χ2v) is 8.74. The van der Waals surface area contributed by atoms with Gasteiger partial charge in [0, 0.05) is 38.1 Å². The van der Waals surface area contributed by atoms with E-state index in [1.54, 1.807) is 12.1 Å². The Kier molecular flexibility index (Phi) is 7.64. The van der Waals surface area contributed by atoms with Gasteiger partial charge < -0.3 is 14.9 Å².